The normalized spacial score (nSPS) is 14.8. The van der Waals surface area contributed by atoms with Crippen LogP contribution in [0.15, 0.2) is 0 Å². The Kier molecular flexibility index (Phi) is 2.91. The number of hydrogen-bond donors (Lipinski definition) is 0. The minimum absolute atomic E-state index is 1.21. The van der Waals surface area contributed by atoms with E-state index in [-0.39, 0.29) is 0 Å². The summed E-state index contributed by atoms with van der Waals surface area (Å²) in [5, 5.41) is -4.35. The minimum atomic E-state index is -5.01. The average molecular weight is 198 g/mol. The van der Waals surface area contributed by atoms with Crippen LogP contribution in [0.1, 0.15) is 20.8 Å². The second kappa shape index (κ2) is 2.95. The first kappa shape index (κ1) is 11.8. The highest BCUT2D eigenvalue weighted by Crippen LogP contribution is 2.23. The zero-order valence-electron chi connectivity index (χ0n) is 6.97. The van der Waals surface area contributed by atoms with E-state index in [1.54, 1.807) is 0 Å². The predicted molar refractivity (Wildman–Crippen MR) is 40.5 cm³/mol. The molecule has 0 atom stereocenters. The van der Waals surface area contributed by atoms with E-state index >= 15 is 0 Å². The van der Waals surface area contributed by atoms with E-state index in [0.29, 0.717) is 0 Å². The van der Waals surface area contributed by atoms with Crippen LogP contribution in [0, 0.1) is 0 Å². The molecular formula is C5H9BF2O3S. The van der Waals surface area contributed by atoms with Crippen LogP contribution < -0.4 is 0 Å². The molecule has 0 bridgehead atoms. The lowest BCUT2D eigenvalue weighted by molar-refractivity contribution is 0.0972. The van der Waals surface area contributed by atoms with Gasteiger partial charge in [0.25, 0.3) is 0 Å². The standard InChI is InChI=1S/C5H9BF2O3S/c1-4(2,3)11-12(9,10)5(6,7)8/h1-3H3. The Morgan fingerprint density at radius 3 is 1.67 bits per heavy atom. The lowest BCUT2D eigenvalue weighted by Gasteiger charge is -2.21. The Bertz CT molecular complexity index is 249. The van der Waals surface area contributed by atoms with Gasteiger partial charge in [-0.2, -0.15) is 17.2 Å². The third kappa shape index (κ3) is 3.49. The van der Waals surface area contributed by atoms with Crippen molar-refractivity contribution in [1.82, 2.24) is 0 Å². The first-order valence-corrected chi connectivity index (χ1v) is 4.48. The molecule has 0 aromatic heterocycles. The molecule has 12 heavy (non-hydrogen) atoms. The van der Waals surface area contributed by atoms with Gasteiger partial charge < -0.3 is 0 Å². The van der Waals surface area contributed by atoms with Crippen molar-refractivity contribution in [2.75, 3.05) is 0 Å². The summed E-state index contributed by atoms with van der Waals surface area (Å²) in [5.41, 5.74) is -1.21. The highest BCUT2D eigenvalue weighted by atomic mass is 32.2. The Morgan fingerprint density at radius 1 is 1.25 bits per heavy atom. The maximum absolute atomic E-state index is 12.1. The molecule has 0 saturated heterocycles. The van der Waals surface area contributed by atoms with Crippen LogP contribution in [0.4, 0.5) is 8.78 Å². The van der Waals surface area contributed by atoms with Gasteiger partial charge in [0, 0.05) is 0 Å². The fraction of sp³-hybridized carbons (Fsp3) is 1.00. The first-order chi connectivity index (χ1) is 4.96. The smallest absolute Gasteiger partial charge is 0.260 e. The molecule has 0 aliphatic heterocycles. The Balaban J connectivity index is 4.70. The second-order valence-corrected chi connectivity index (χ2v) is 4.83. The van der Waals surface area contributed by atoms with Gasteiger partial charge in [-0.25, -0.2) is 0 Å². The lowest BCUT2D eigenvalue weighted by Crippen LogP contribution is -2.36. The van der Waals surface area contributed by atoms with Crippen LogP contribution in [-0.4, -0.2) is 27.0 Å². The molecule has 2 radical (unpaired) electrons. The van der Waals surface area contributed by atoms with Crippen LogP contribution >= 0.6 is 0 Å². The predicted octanol–water partition coefficient (Wildman–Crippen LogP) is 0.850. The van der Waals surface area contributed by atoms with E-state index in [1.165, 1.54) is 20.8 Å². The molecule has 0 aromatic rings. The summed E-state index contributed by atoms with van der Waals surface area (Å²) in [6.07, 6.45) is 0. The Hall–Kier alpha value is -0.165. The molecule has 70 valence electrons. The van der Waals surface area contributed by atoms with Crippen LogP contribution in [-0.2, 0) is 14.3 Å². The van der Waals surface area contributed by atoms with Crippen molar-refractivity contribution in [2.24, 2.45) is 0 Å². The third-order valence-electron chi connectivity index (χ3n) is 0.693. The largest absolute Gasteiger partial charge is 0.323 e. The van der Waals surface area contributed by atoms with E-state index in [1.807, 2.05) is 0 Å². The van der Waals surface area contributed by atoms with Crippen molar-refractivity contribution in [2.45, 2.75) is 31.5 Å². The Labute approximate surface area is 71.6 Å². The number of halogens is 2. The molecule has 3 nitrogen and oxygen atoms in total. The number of rotatable bonds is 2. The van der Waals surface area contributed by atoms with Crippen molar-refractivity contribution < 1.29 is 21.4 Å². The summed E-state index contributed by atoms with van der Waals surface area (Å²) < 4.78 is 49.4. The highest BCUT2D eigenvalue weighted by Gasteiger charge is 2.42. The highest BCUT2D eigenvalue weighted by molar-refractivity contribution is 7.89. The molecule has 0 heterocycles. The number of hydrogen-bond acceptors (Lipinski definition) is 3. The Morgan fingerprint density at radius 2 is 1.58 bits per heavy atom. The van der Waals surface area contributed by atoms with Crippen LogP contribution in [0.2, 0.25) is 0 Å². The van der Waals surface area contributed by atoms with Crippen LogP contribution in [0.25, 0.3) is 0 Å². The topological polar surface area (TPSA) is 43.4 Å². The molecule has 0 aromatic carbocycles. The molecule has 0 N–H and O–H groups in total. The summed E-state index contributed by atoms with van der Waals surface area (Å²) >= 11 is 0. The van der Waals surface area contributed by atoms with E-state index in [0.717, 1.165) is 0 Å². The van der Waals surface area contributed by atoms with E-state index in [2.05, 4.69) is 12.0 Å². The van der Waals surface area contributed by atoms with Crippen molar-refractivity contribution in [3.8, 4) is 0 Å². The van der Waals surface area contributed by atoms with Gasteiger partial charge in [0.2, 0.25) is 0 Å². The molecule has 0 amide bonds. The zero-order valence-corrected chi connectivity index (χ0v) is 7.78. The monoisotopic (exact) mass is 198 g/mol. The summed E-state index contributed by atoms with van der Waals surface area (Å²) in [6.45, 7) is 3.99. The summed E-state index contributed by atoms with van der Waals surface area (Å²) in [6, 6.07) is 0. The van der Waals surface area contributed by atoms with Gasteiger partial charge >= 0.3 is 15.3 Å². The molecule has 0 unspecified atom stereocenters. The lowest BCUT2D eigenvalue weighted by atomic mass is 10.2. The zero-order chi connectivity index (χ0) is 10.2. The fourth-order valence-electron chi connectivity index (χ4n) is 0.385. The maximum Gasteiger partial charge on any atom is 0.323 e. The van der Waals surface area contributed by atoms with E-state index in [4.69, 9.17) is 0 Å². The summed E-state index contributed by atoms with van der Waals surface area (Å²) in [7, 11) is -0.937. The maximum atomic E-state index is 12.1. The molecule has 0 saturated carbocycles. The first-order valence-electron chi connectivity index (χ1n) is 3.07. The van der Waals surface area contributed by atoms with E-state index < -0.39 is 20.9 Å². The second-order valence-electron chi connectivity index (χ2n) is 3.21. The van der Waals surface area contributed by atoms with Gasteiger partial charge in [0.1, 0.15) is 0 Å². The fourth-order valence-corrected chi connectivity index (χ4v) is 1.15. The van der Waals surface area contributed by atoms with Crippen LogP contribution in [0.3, 0.4) is 0 Å². The van der Waals surface area contributed by atoms with Crippen molar-refractivity contribution in [3.05, 3.63) is 0 Å². The van der Waals surface area contributed by atoms with Gasteiger partial charge in [-0.05, 0) is 20.8 Å². The van der Waals surface area contributed by atoms with Gasteiger partial charge in [-0.1, -0.05) is 0 Å². The minimum Gasteiger partial charge on any atom is -0.260 e. The molecule has 0 fully saturated rings. The molecule has 0 aliphatic rings. The number of alkyl halides is 2. The quantitative estimate of drug-likeness (QED) is 0.487. The van der Waals surface area contributed by atoms with Gasteiger partial charge in [-0.3, -0.25) is 4.18 Å². The van der Waals surface area contributed by atoms with Crippen molar-refractivity contribution in [1.29, 1.82) is 0 Å². The van der Waals surface area contributed by atoms with Crippen molar-refractivity contribution >= 4 is 18.0 Å². The molecule has 0 spiro atoms. The molecule has 0 aliphatic carbocycles. The van der Waals surface area contributed by atoms with E-state index in [9.17, 15) is 17.2 Å². The van der Waals surface area contributed by atoms with Gasteiger partial charge in [0.05, 0.1) is 5.60 Å². The SMILES string of the molecule is [B]C(F)(F)S(=O)(=O)OC(C)(C)C. The van der Waals surface area contributed by atoms with Crippen molar-refractivity contribution in [3.63, 3.8) is 0 Å². The van der Waals surface area contributed by atoms with Gasteiger partial charge in [0.15, 0.2) is 7.85 Å². The molecular weight excluding hydrogens is 189 g/mol. The van der Waals surface area contributed by atoms with Gasteiger partial charge in [-0.15, -0.1) is 0 Å². The average Bonchev–Trinajstić information content (AvgIpc) is 1.52. The molecule has 0 rings (SSSR count). The molecule has 7 heteroatoms. The van der Waals surface area contributed by atoms with Crippen LogP contribution in [0.5, 0.6) is 0 Å². The summed E-state index contributed by atoms with van der Waals surface area (Å²) in [5.74, 6) is 0. The third-order valence-corrected chi connectivity index (χ3v) is 2.08. The summed E-state index contributed by atoms with van der Waals surface area (Å²) in [4.78, 5) is 0.